The van der Waals surface area contributed by atoms with Crippen molar-refractivity contribution in [2.75, 3.05) is 6.61 Å². The van der Waals surface area contributed by atoms with Crippen LogP contribution in [-0.2, 0) is 11.1 Å². The van der Waals surface area contributed by atoms with Crippen molar-refractivity contribution < 1.29 is 22.7 Å². The number of fused-ring (bicyclic) bond motifs is 4. The molecule has 1 N–H and O–H groups in total. The van der Waals surface area contributed by atoms with Gasteiger partial charge in [0.15, 0.2) is 5.75 Å². The molecule has 3 aromatic rings. The highest BCUT2D eigenvalue weighted by Crippen LogP contribution is 2.47. The molecule has 0 radical (unpaired) electrons. The fourth-order valence-corrected chi connectivity index (χ4v) is 4.97. The van der Waals surface area contributed by atoms with E-state index in [2.05, 4.69) is 0 Å². The van der Waals surface area contributed by atoms with E-state index in [0.29, 0.717) is 27.3 Å². The Kier molecular flexibility index (Phi) is 3.79. The van der Waals surface area contributed by atoms with Crippen molar-refractivity contribution in [2.24, 2.45) is 0 Å². The highest BCUT2D eigenvalue weighted by atomic mass is 35.5. The molecule has 0 saturated heterocycles. The number of aryl methyl sites for hydroxylation is 1. The van der Waals surface area contributed by atoms with Gasteiger partial charge < -0.3 is 18.4 Å². The van der Waals surface area contributed by atoms with Crippen molar-refractivity contribution in [1.82, 2.24) is 0 Å². The number of hydrogen-bond acceptors (Lipinski definition) is 6. The molecule has 2 unspecified atom stereocenters. The van der Waals surface area contributed by atoms with E-state index in [1.807, 2.05) is 13.0 Å². The summed E-state index contributed by atoms with van der Waals surface area (Å²) in [5.41, 5.74) is 1.43. The summed E-state index contributed by atoms with van der Waals surface area (Å²) in [5, 5.41) is 10.7. The van der Waals surface area contributed by atoms with E-state index in [1.54, 1.807) is 30.3 Å². The Morgan fingerprint density at radius 3 is 2.86 bits per heavy atom. The number of hydrogen-bond donors (Lipinski definition) is 1. The van der Waals surface area contributed by atoms with E-state index in [4.69, 9.17) is 24.9 Å². The first-order chi connectivity index (χ1) is 13.4. The van der Waals surface area contributed by atoms with Crippen LogP contribution in [0.3, 0.4) is 0 Å². The van der Waals surface area contributed by atoms with E-state index in [0.717, 1.165) is 5.56 Å². The van der Waals surface area contributed by atoms with Crippen molar-refractivity contribution in [3.63, 3.8) is 0 Å². The summed E-state index contributed by atoms with van der Waals surface area (Å²) in [4.78, 5) is 12.7. The smallest absolute Gasteiger partial charge is 0.345 e. The van der Waals surface area contributed by atoms with Gasteiger partial charge in [-0.3, -0.25) is 0 Å². The van der Waals surface area contributed by atoms with E-state index < -0.39 is 22.0 Å². The van der Waals surface area contributed by atoms with Crippen LogP contribution in [0.5, 0.6) is 11.5 Å². The van der Waals surface area contributed by atoms with Gasteiger partial charge in [-0.25, -0.2) is 9.00 Å². The lowest BCUT2D eigenvalue weighted by Crippen LogP contribution is -2.21. The third-order valence-electron chi connectivity index (χ3n) is 4.87. The minimum Gasteiger partial charge on any atom is -0.507 e. The first kappa shape index (κ1) is 17.3. The summed E-state index contributed by atoms with van der Waals surface area (Å²) in [5.74, 6) is 0.617. The maximum absolute atomic E-state index is 12.8. The van der Waals surface area contributed by atoms with Crippen molar-refractivity contribution in [2.45, 2.75) is 12.2 Å². The summed E-state index contributed by atoms with van der Waals surface area (Å²) in [6, 6.07) is 10.1. The Bertz CT molecular complexity index is 1280. The van der Waals surface area contributed by atoms with Crippen LogP contribution in [0.1, 0.15) is 21.9 Å². The molecule has 0 amide bonds. The third-order valence-corrected chi connectivity index (χ3v) is 6.34. The van der Waals surface area contributed by atoms with Crippen molar-refractivity contribution in [1.29, 1.82) is 0 Å². The monoisotopic (exact) mass is 416 g/mol. The summed E-state index contributed by atoms with van der Waals surface area (Å²) in [6.45, 7) is 1.87. The van der Waals surface area contributed by atoms with Crippen molar-refractivity contribution >= 4 is 39.4 Å². The van der Waals surface area contributed by atoms with Gasteiger partial charge in [0.25, 0.3) is 0 Å². The second-order valence-corrected chi connectivity index (χ2v) is 8.25. The second kappa shape index (κ2) is 6.12. The Morgan fingerprint density at radius 1 is 1.21 bits per heavy atom. The second-order valence-electron chi connectivity index (χ2n) is 6.66. The average Bonchev–Trinajstić information content (AvgIpc) is 3.01. The molecule has 2 aliphatic rings. The molecule has 5 rings (SSSR count). The Labute approximate surface area is 166 Å². The van der Waals surface area contributed by atoms with Gasteiger partial charge in [-0.15, -0.1) is 0 Å². The quantitative estimate of drug-likeness (QED) is 0.598. The van der Waals surface area contributed by atoms with Crippen LogP contribution in [0.15, 0.2) is 51.2 Å². The molecule has 0 aliphatic carbocycles. The predicted octanol–water partition coefficient (Wildman–Crippen LogP) is 4.21. The number of halogens is 1. The Morgan fingerprint density at radius 2 is 2.04 bits per heavy atom. The maximum atomic E-state index is 12.8. The van der Waals surface area contributed by atoms with Gasteiger partial charge in [0, 0.05) is 10.6 Å². The van der Waals surface area contributed by atoms with Crippen LogP contribution in [0, 0.1) is 6.92 Å². The van der Waals surface area contributed by atoms with E-state index in [9.17, 15) is 14.1 Å². The molecule has 0 spiro atoms. The van der Waals surface area contributed by atoms with Crippen LogP contribution < -0.4 is 14.5 Å². The lowest BCUT2D eigenvalue weighted by atomic mass is 9.97. The lowest BCUT2D eigenvalue weighted by Gasteiger charge is -2.23. The van der Waals surface area contributed by atoms with Crippen LogP contribution in [-0.4, -0.2) is 15.9 Å². The molecule has 2 atom stereocenters. The lowest BCUT2D eigenvalue weighted by molar-refractivity contribution is 0.328. The van der Waals surface area contributed by atoms with E-state index in [1.165, 1.54) is 0 Å². The Hall–Kier alpha value is -2.77. The minimum atomic E-state index is -1.93. The molecular formula is C20H13ClO6S. The molecular weight excluding hydrogens is 404 g/mol. The minimum absolute atomic E-state index is 0.0197. The zero-order valence-corrected chi connectivity index (χ0v) is 16.1. The number of ether oxygens (including phenoxy) is 1. The van der Waals surface area contributed by atoms with Gasteiger partial charge in [0.05, 0.1) is 10.9 Å². The summed E-state index contributed by atoms with van der Waals surface area (Å²) in [7, 11) is 0. The SMILES string of the molecule is Cc1ccc2c(c1)C(O)=C(C1c3c(c4cc(Cl)ccc4oc3=O)OS1=O)CO2. The molecule has 0 bridgehead atoms. The topological polar surface area (TPSA) is 86.0 Å². The van der Waals surface area contributed by atoms with Crippen LogP contribution in [0.25, 0.3) is 16.7 Å². The molecule has 6 nitrogen and oxygen atoms in total. The number of aliphatic hydroxyl groups excluding tert-OH is 1. The number of aliphatic hydroxyl groups is 1. The molecule has 28 heavy (non-hydrogen) atoms. The molecule has 2 aliphatic heterocycles. The first-order valence-electron chi connectivity index (χ1n) is 8.45. The van der Waals surface area contributed by atoms with Crippen LogP contribution in [0.2, 0.25) is 5.02 Å². The van der Waals surface area contributed by atoms with Gasteiger partial charge >= 0.3 is 5.63 Å². The highest BCUT2D eigenvalue weighted by molar-refractivity contribution is 7.81. The van der Waals surface area contributed by atoms with Gasteiger partial charge in [-0.1, -0.05) is 23.2 Å². The van der Waals surface area contributed by atoms with Gasteiger partial charge in [-0.2, -0.15) is 0 Å². The number of rotatable bonds is 1. The fraction of sp³-hybridized carbons (Fsp3) is 0.150. The van der Waals surface area contributed by atoms with Crippen LogP contribution >= 0.6 is 11.6 Å². The molecule has 142 valence electrons. The molecule has 1 aromatic heterocycles. The molecule has 8 heteroatoms. The largest absolute Gasteiger partial charge is 0.507 e. The third kappa shape index (κ3) is 2.47. The molecule has 0 fully saturated rings. The predicted molar refractivity (Wildman–Crippen MR) is 105 cm³/mol. The van der Waals surface area contributed by atoms with Crippen molar-refractivity contribution in [3.8, 4) is 11.5 Å². The zero-order valence-electron chi connectivity index (χ0n) is 14.5. The van der Waals surface area contributed by atoms with Gasteiger partial charge in [-0.05, 0) is 37.3 Å². The number of benzene rings is 2. The van der Waals surface area contributed by atoms with Gasteiger partial charge in [0.2, 0.25) is 11.1 Å². The first-order valence-corrected chi connectivity index (χ1v) is 9.96. The molecule has 0 saturated carbocycles. The zero-order chi connectivity index (χ0) is 19.6. The normalized spacial score (nSPS) is 20.5. The standard InChI is InChI=1S/C20H13ClO6S/c1-9-2-4-14-11(6-9)17(22)13(8-25-14)19-16-18(27-28(19)24)12-7-10(21)3-5-15(12)26-20(16)23/h2-7,19,22H,8H2,1H3. The Balaban J connectivity index is 1.75. The summed E-state index contributed by atoms with van der Waals surface area (Å²) < 4.78 is 29.4. The average molecular weight is 417 g/mol. The van der Waals surface area contributed by atoms with Gasteiger partial charge in [0.1, 0.15) is 34.5 Å². The van der Waals surface area contributed by atoms with E-state index >= 15 is 0 Å². The van der Waals surface area contributed by atoms with E-state index in [-0.39, 0.29) is 29.3 Å². The fourth-order valence-electron chi connectivity index (χ4n) is 3.55. The maximum Gasteiger partial charge on any atom is 0.345 e. The molecule has 3 heterocycles. The summed E-state index contributed by atoms with van der Waals surface area (Å²) in [6.07, 6.45) is 0. The van der Waals surface area contributed by atoms with Crippen molar-refractivity contribution in [3.05, 3.63) is 74.1 Å². The van der Waals surface area contributed by atoms with Crippen LogP contribution in [0.4, 0.5) is 0 Å². The highest BCUT2D eigenvalue weighted by Gasteiger charge is 2.43. The molecule has 2 aromatic carbocycles. The summed E-state index contributed by atoms with van der Waals surface area (Å²) >= 11 is 4.12.